The van der Waals surface area contributed by atoms with Crippen molar-refractivity contribution in [1.82, 2.24) is 9.80 Å². The Morgan fingerprint density at radius 3 is 2.43 bits per heavy atom. The molecule has 0 spiro atoms. The van der Waals surface area contributed by atoms with E-state index < -0.39 is 0 Å². The molecule has 1 fully saturated rings. The summed E-state index contributed by atoms with van der Waals surface area (Å²) in [6, 6.07) is 1.32. The maximum absolute atomic E-state index is 5.77. The van der Waals surface area contributed by atoms with Gasteiger partial charge < -0.3 is 10.6 Å². The summed E-state index contributed by atoms with van der Waals surface area (Å²) in [7, 11) is 4.44. The van der Waals surface area contributed by atoms with Gasteiger partial charge in [0.1, 0.15) is 0 Å². The third-order valence-corrected chi connectivity index (χ3v) is 3.58. The maximum atomic E-state index is 5.77. The highest BCUT2D eigenvalue weighted by atomic mass is 15.2. The predicted molar refractivity (Wildman–Crippen MR) is 61.4 cm³/mol. The number of nitrogens with two attached hydrogens (primary N) is 1. The van der Waals surface area contributed by atoms with Crippen molar-refractivity contribution in [3.63, 3.8) is 0 Å². The largest absolute Gasteiger partial charge is 0.329 e. The second-order valence-corrected chi connectivity index (χ2v) is 4.50. The average Bonchev–Trinajstić information content (AvgIpc) is 2.20. The predicted octanol–water partition coefficient (Wildman–Crippen LogP) is 0.750. The fourth-order valence-electron chi connectivity index (χ4n) is 2.32. The maximum Gasteiger partial charge on any atom is 0.0215 e. The standard InChI is InChI=1S/C11H25N3/c1-4-10(9-12)14(3)11-5-7-13(2)8-6-11/h10-11H,4-9,12H2,1-3H3. The summed E-state index contributed by atoms with van der Waals surface area (Å²) in [4.78, 5) is 4.90. The van der Waals surface area contributed by atoms with Gasteiger partial charge in [0.2, 0.25) is 0 Å². The van der Waals surface area contributed by atoms with Crippen LogP contribution in [-0.4, -0.2) is 55.6 Å². The molecule has 1 unspecified atom stereocenters. The molecule has 3 nitrogen and oxygen atoms in total. The molecule has 84 valence electrons. The van der Waals surface area contributed by atoms with E-state index >= 15 is 0 Å². The van der Waals surface area contributed by atoms with Gasteiger partial charge in [-0.1, -0.05) is 6.92 Å². The van der Waals surface area contributed by atoms with Crippen LogP contribution in [0.3, 0.4) is 0 Å². The molecule has 0 aromatic rings. The Balaban J connectivity index is 2.39. The van der Waals surface area contributed by atoms with Crippen LogP contribution in [0.2, 0.25) is 0 Å². The van der Waals surface area contributed by atoms with Crippen molar-refractivity contribution in [2.45, 2.75) is 38.3 Å². The molecular weight excluding hydrogens is 174 g/mol. The van der Waals surface area contributed by atoms with Gasteiger partial charge in [0.15, 0.2) is 0 Å². The Hall–Kier alpha value is -0.120. The fraction of sp³-hybridized carbons (Fsp3) is 1.00. The molecule has 2 N–H and O–H groups in total. The summed E-state index contributed by atoms with van der Waals surface area (Å²) >= 11 is 0. The molecule has 3 heteroatoms. The molecular formula is C11H25N3. The molecule has 14 heavy (non-hydrogen) atoms. The molecule has 0 aromatic carbocycles. The van der Waals surface area contributed by atoms with Crippen molar-refractivity contribution < 1.29 is 0 Å². The number of nitrogens with zero attached hydrogens (tertiary/aromatic N) is 2. The van der Waals surface area contributed by atoms with Crippen molar-refractivity contribution in [2.24, 2.45) is 5.73 Å². The van der Waals surface area contributed by atoms with Crippen LogP contribution >= 0.6 is 0 Å². The van der Waals surface area contributed by atoms with E-state index in [1.165, 1.54) is 32.4 Å². The van der Waals surface area contributed by atoms with Crippen molar-refractivity contribution in [3.8, 4) is 0 Å². The first-order chi connectivity index (χ1) is 6.69. The summed E-state index contributed by atoms with van der Waals surface area (Å²) in [5.74, 6) is 0. The van der Waals surface area contributed by atoms with E-state index in [0.717, 1.165) is 12.6 Å². The van der Waals surface area contributed by atoms with Gasteiger partial charge in [-0.2, -0.15) is 0 Å². The van der Waals surface area contributed by atoms with Gasteiger partial charge in [-0.25, -0.2) is 0 Å². The second-order valence-electron chi connectivity index (χ2n) is 4.50. The zero-order chi connectivity index (χ0) is 10.6. The first kappa shape index (κ1) is 12.0. The van der Waals surface area contributed by atoms with E-state index in [9.17, 15) is 0 Å². The van der Waals surface area contributed by atoms with Gasteiger partial charge >= 0.3 is 0 Å². The third kappa shape index (κ3) is 2.94. The van der Waals surface area contributed by atoms with E-state index in [4.69, 9.17) is 5.73 Å². The zero-order valence-electron chi connectivity index (χ0n) is 9.87. The van der Waals surface area contributed by atoms with Crippen molar-refractivity contribution in [2.75, 3.05) is 33.7 Å². The van der Waals surface area contributed by atoms with Crippen LogP contribution in [-0.2, 0) is 0 Å². The number of piperidine rings is 1. The summed E-state index contributed by atoms with van der Waals surface area (Å²) in [5, 5.41) is 0. The lowest BCUT2D eigenvalue weighted by Gasteiger charge is -2.38. The van der Waals surface area contributed by atoms with Crippen LogP contribution in [0.1, 0.15) is 26.2 Å². The molecule has 0 saturated carbocycles. The van der Waals surface area contributed by atoms with Crippen molar-refractivity contribution in [1.29, 1.82) is 0 Å². The lowest BCUT2D eigenvalue weighted by atomic mass is 10.0. The Morgan fingerprint density at radius 1 is 1.43 bits per heavy atom. The molecule has 0 aromatic heterocycles. The number of hydrogen-bond acceptors (Lipinski definition) is 3. The van der Waals surface area contributed by atoms with Gasteiger partial charge in [0, 0.05) is 18.6 Å². The van der Waals surface area contributed by atoms with E-state index in [0.29, 0.717) is 6.04 Å². The average molecular weight is 199 g/mol. The van der Waals surface area contributed by atoms with Gasteiger partial charge in [0.25, 0.3) is 0 Å². The fourth-order valence-corrected chi connectivity index (χ4v) is 2.32. The molecule has 1 aliphatic rings. The normalized spacial score (nSPS) is 22.9. The summed E-state index contributed by atoms with van der Waals surface area (Å²) < 4.78 is 0. The number of likely N-dealkylation sites (tertiary alicyclic amines) is 1. The monoisotopic (exact) mass is 199 g/mol. The first-order valence-electron chi connectivity index (χ1n) is 5.79. The SMILES string of the molecule is CCC(CN)N(C)C1CCN(C)CC1. The number of likely N-dealkylation sites (N-methyl/N-ethyl adjacent to an activating group) is 1. The van der Waals surface area contributed by atoms with Crippen LogP contribution in [0.15, 0.2) is 0 Å². The highest BCUT2D eigenvalue weighted by Crippen LogP contribution is 2.17. The third-order valence-electron chi connectivity index (χ3n) is 3.58. The highest BCUT2D eigenvalue weighted by molar-refractivity contribution is 4.81. The Morgan fingerprint density at radius 2 is 2.00 bits per heavy atom. The minimum Gasteiger partial charge on any atom is -0.329 e. The van der Waals surface area contributed by atoms with Gasteiger partial charge in [-0.3, -0.25) is 4.90 Å². The Kier molecular flexibility index (Phi) is 4.85. The highest BCUT2D eigenvalue weighted by Gasteiger charge is 2.23. The van der Waals surface area contributed by atoms with Crippen LogP contribution < -0.4 is 5.73 Å². The first-order valence-corrected chi connectivity index (χ1v) is 5.79. The quantitative estimate of drug-likeness (QED) is 0.725. The van der Waals surface area contributed by atoms with Crippen LogP contribution in [0.5, 0.6) is 0 Å². The van der Waals surface area contributed by atoms with Gasteiger partial charge in [-0.05, 0) is 46.4 Å². The van der Waals surface area contributed by atoms with E-state index in [2.05, 4.69) is 30.8 Å². The molecule has 1 saturated heterocycles. The molecule has 0 aliphatic carbocycles. The minimum absolute atomic E-state index is 0.573. The van der Waals surface area contributed by atoms with Gasteiger partial charge in [0.05, 0.1) is 0 Å². The topological polar surface area (TPSA) is 32.5 Å². The second kappa shape index (κ2) is 5.69. The molecule has 1 rings (SSSR count). The Bertz CT molecular complexity index is 149. The van der Waals surface area contributed by atoms with E-state index in [1.54, 1.807) is 0 Å². The molecule has 0 amide bonds. The summed E-state index contributed by atoms with van der Waals surface area (Å²) in [6.45, 7) is 5.48. The molecule has 1 atom stereocenters. The molecule has 1 aliphatic heterocycles. The smallest absolute Gasteiger partial charge is 0.0215 e. The summed E-state index contributed by atoms with van der Waals surface area (Å²) in [5.41, 5.74) is 5.77. The summed E-state index contributed by atoms with van der Waals surface area (Å²) in [6.07, 6.45) is 3.76. The van der Waals surface area contributed by atoms with Crippen molar-refractivity contribution >= 4 is 0 Å². The molecule has 0 radical (unpaired) electrons. The zero-order valence-corrected chi connectivity index (χ0v) is 9.87. The minimum atomic E-state index is 0.573. The van der Waals surface area contributed by atoms with Gasteiger partial charge in [-0.15, -0.1) is 0 Å². The Labute approximate surface area is 88.2 Å². The molecule has 1 heterocycles. The van der Waals surface area contributed by atoms with Crippen LogP contribution in [0.4, 0.5) is 0 Å². The number of rotatable bonds is 4. The van der Waals surface area contributed by atoms with E-state index in [1.807, 2.05) is 0 Å². The van der Waals surface area contributed by atoms with E-state index in [-0.39, 0.29) is 0 Å². The lowest BCUT2D eigenvalue weighted by Crippen LogP contribution is -2.48. The van der Waals surface area contributed by atoms with Crippen molar-refractivity contribution in [3.05, 3.63) is 0 Å². The molecule has 0 bridgehead atoms. The van der Waals surface area contributed by atoms with Crippen LogP contribution in [0.25, 0.3) is 0 Å². The number of hydrogen-bond donors (Lipinski definition) is 1. The van der Waals surface area contributed by atoms with Crippen LogP contribution in [0, 0.1) is 0 Å². The lowest BCUT2D eigenvalue weighted by molar-refractivity contribution is 0.108.